The molecular weight excluding hydrogens is 268 g/mol. The van der Waals surface area contributed by atoms with E-state index in [9.17, 15) is 0 Å². The summed E-state index contributed by atoms with van der Waals surface area (Å²) in [6, 6.07) is 19.2. The molecule has 2 heteroatoms. The molecule has 2 heterocycles. The maximum absolute atomic E-state index is 4.99. The third-order valence-electron chi connectivity index (χ3n) is 4.74. The molecule has 110 valence electrons. The van der Waals surface area contributed by atoms with Gasteiger partial charge >= 0.3 is 0 Å². The Morgan fingerprint density at radius 2 is 1.86 bits per heavy atom. The zero-order valence-corrected chi connectivity index (χ0v) is 12.7. The van der Waals surface area contributed by atoms with E-state index in [1.54, 1.807) is 0 Å². The van der Waals surface area contributed by atoms with Crippen molar-refractivity contribution in [2.45, 2.75) is 19.1 Å². The second-order valence-electron chi connectivity index (χ2n) is 6.06. The topological polar surface area (TPSA) is 15.6 Å². The summed E-state index contributed by atoms with van der Waals surface area (Å²) in [6.45, 7) is 6.07. The van der Waals surface area contributed by atoms with Crippen molar-refractivity contribution in [2.24, 2.45) is 10.9 Å². The van der Waals surface area contributed by atoms with Crippen molar-refractivity contribution in [3.8, 4) is 0 Å². The molecule has 0 amide bonds. The van der Waals surface area contributed by atoms with E-state index in [2.05, 4.69) is 72.2 Å². The molecule has 1 fully saturated rings. The lowest BCUT2D eigenvalue weighted by Gasteiger charge is -2.37. The third kappa shape index (κ3) is 2.20. The fourth-order valence-electron chi connectivity index (χ4n) is 3.65. The number of para-hydroxylation sites is 1. The van der Waals surface area contributed by atoms with E-state index in [1.165, 1.54) is 16.4 Å². The highest BCUT2D eigenvalue weighted by molar-refractivity contribution is 5.58. The van der Waals surface area contributed by atoms with Gasteiger partial charge in [0.25, 0.3) is 0 Å². The Morgan fingerprint density at radius 1 is 1.09 bits per heavy atom. The standard InChI is InChI=1S/C20H20N2/c1-2-16-12-13-22(14-15-8-4-3-5-9-15)20-19(16)17-10-6-7-11-18(17)21-20/h2-11,16,20H,1,12-14H2/t16-,20?/m0/s1. The molecule has 0 spiro atoms. The van der Waals surface area contributed by atoms with Crippen molar-refractivity contribution in [3.05, 3.63) is 83.4 Å². The van der Waals surface area contributed by atoms with Crippen LogP contribution in [0.15, 0.2) is 72.2 Å². The Morgan fingerprint density at radius 3 is 2.68 bits per heavy atom. The Balaban J connectivity index is 1.74. The zero-order valence-electron chi connectivity index (χ0n) is 12.7. The molecule has 2 atom stereocenters. The maximum atomic E-state index is 4.99. The number of benzene rings is 2. The number of allylic oxidation sites excluding steroid dienone is 1. The van der Waals surface area contributed by atoms with Crippen molar-refractivity contribution in [1.82, 2.24) is 4.90 Å². The largest absolute Gasteiger partial charge is 0.274 e. The molecule has 22 heavy (non-hydrogen) atoms. The summed E-state index contributed by atoms with van der Waals surface area (Å²) in [4.78, 5) is 7.48. The summed E-state index contributed by atoms with van der Waals surface area (Å²) in [5.41, 5.74) is 2.79. The first kappa shape index (κ1) is 13.5. The number of likely N-dealkylation sites (tertiary alicyclic amines) is 1. The Labute approximate surface area is 131 Å². The smallest absolute Gasteiger partial charge is 0.126 e. The molecule has 2 aliphatic rings. The predicted molar refractivity (Wildman–Crippen MR) is 89.6 cm³/mol. The number of piperidine rings is 1. The van der Waals surface area contributed by atoms with Crippen LogP contribution < -0.4 is 10.6 Å². The maximum Gasteiger partial charge on any atom is 0.126 e. The molecule has 0 aliphatic carbocycles. The van der Waals surface area contributed by atoms with Crippen LogP contribution in [0.1, 0.15) is 12.0 Å². The molecular formula is C20H20N2. The van der Waals surface area contributed by atoms with Crippen molar-refractivity contribution >= 4 is 5.57 Å². The first-order valence-electron chi connectivity index (χ1n) is 7.94. The molecule has 0 saturated carbocycles. The molecule has 2 nitrogen and oxygen atoms in total. The number of fused-ring (bicyclic) bond motifs is 2. The average Bonchev–Trinajstić information content (AvgIpc) is 2.96. The number of rotatable bonds is 3. The number of nitrogens with zero attached hydrogens (tertiary/aromatic N) is 2. The van der Waals surface area contributed by atoms with Crippen LogP contribution in [0.25, 0.3) is 5.57 Å². The summed E-state index contributed by atoms with van der Waals surface area (Å²) in [6.07, 6.45) is 3.40. The van der Waals surface area contributed by atoms with Crippen LogP contribution >= 0.6 is 0 Å². The predicted octanol–water partition coefficient (Wildman–Crippen LogP) is 2.50. The molecule has 2 aromatic carbocycles. The van der Waals surface area contributed by atoms with E-state index >= 15 is 0 Å². The summed E-state index contributed by atoms with van der Waals surface area (Å²) in [5, 5.41) is 2.45. The van der Waals surface area contributed by atoms with Crippen molar-refractivity contribution in [1.29, 1.82) is 0 Å². The molecule has 2 aliphatic heterocycles. The van der Waals surface area contributed by atoms with Gasteiger partial charge in [-0.3, -0.25) is 9.89 Å². The first-order valence-corrected chi connectivity index (χ1v) is 7.94. The van der Waals surface area contributed by atoms with Crippen molar-refractivity contribution < 1.29 is 0 Å². The van der Waals surface area contributed by atoms with Gasteiger partial charge in [-0.15, -0.1) is 6.58 Å². The van der Waals surface area contributed by atoms with E-state index in [4.69, 9.17) is 4.99 Å². The summed E-state index contributed by atoms with van der Waals surface area (Å²) in [7, 11) is 0. The molecule has 1 saturated heterocycles. The van der Waals surface area contributed by atoms with Crippen LogP contribution in [0, 0.1) is 5.92 Å². The van der Waals surface area contributed by atoms with Crippen LogP contribution in [0.4, 0.5) is 0 Å². The van der Waals surface area contributed by atoms with Crippen LogP contribution in [0.5, 0.6) is 0 Å². The van der Waals surface area contributed by atoms with E-state index in [-0.39, 0.29) is 6.17 Å². The molecule has 0 N–H and O–H groups in total. The minimum absolute atomic E-state index is 0.175. The lowest BCUT2D eigenvalue weighted by molar-refractivity contribution is 0.196. The minimum Gasteiger partial charge on any atom is -0.274 e. The van der Waals surface area contributed by atoms with E-state index in [0.29, 0.717) is 5.92 Å². The van der Waals surface area contributed by atoms with Gasteiger partial charge < -0.3 is 0 Å². The van der Waals surface area contributed by atoms with Gasteiger partial charge in [0.2, 0.25) is 0 Å². The van der Waals surface area contributed by atoms with Gasteiger partial charge in [0.05, 0.1) is 5.36 Å². The van der Waals surface area contributed by atoms with Gasteiger partial charge in [0.15, 0.2) is 0 Å². The molecule has 1 unspecified atom stereocenters. The third-order valence-corrected chi connectivity index (χ3v) is 4.74. The minimum atomic E-state index is 0.175. The lowest BCUT2D eigenvalue weighted by Crippen LogP contribution is -2.42. The quantitative estimate of drug-likeness (QED) is 0.792. The second-order valence-corrected chi connectivity index (χ2v) is 6.06. The number of hydrogen-bond donors (Lipinski definition) is 0. The fourth-order valence-corrected chi connectivity index (χ4v) is 3.65. The molecule has 4 rings (SSSR count). The van der Waals surface area contributed by atoms with E-state index < -0.39 is 0 Å². The fraction of sp³-hybridized carbons (Fsp3) is 0.250. The first-order chi connectivity index (χ1) is 10.9. The summed E-state index contributed by atoms with van der Waals surface area (Å²) >= 11 is 0. The van der Waals surface area contributed by atoms with Crippen LogP contribution in [-0.4, -0.2) is 17.6 Å². The highest BCUT2D eigenvalue weighted by Crippen LogP contribution is 2.32. The van der Waals surface area contributed by atoms with Gasteiger partial charge in [-0.25, -0.2) is 0 Å². The van der Waals surface area contributed by atoms with Crippen LogP contribution in [0.2, 0.25) is 0 Å². The lowest BCUT2D eigenvalue weighted by atomic mass is 9.88. The highest BCUT2D eigenvalue weighted by Gasteiger charge is 2.34. The average molecular weight is 288 g/mol. The normalized spacial score (nSPS) is 23.5. The van der Waals surface area contributed by atoms with Gasteiger partial charge in [0, 0.05) is 24.2 Å². The van der Waals surface area contributed by atoms with Crippen LogP contribution in [0.3, 0.4) is 0 Å². The van der Waals surface area contributed by atoms with Gasteiger partial charge in [-0.1, -0.05) is 54.6 Å². The summed E-state index contributed by atoms with van der Waals surface area (Å²) < 4.78 is 0. The van der Waals surface area contributed by atoms with Gasteiger partial charge in [-0.05, 0) is 23.6 Å². The van der Waals surface area contributed by atoms with Gasteiger partial charge in [0.1, 0.15) is 6.17 Å². The molecule has 0 aromatic heterocycles. The monoisotopic (exact) mass is 288 g/mol. The van der Waals surface area contributed by atoms with Crippen LogP contribution in [-0.2, 0) is 6.54 Å². The molecule has 0 radical (unpaired) electrons. The zero-order chi connectivity index (χ0) is 14.9. The van der Waals surface area contributed by atoms with Crippen molar-refractivity contribution in [2.75, 3.05) is 6.54 Å². The van der Waals surface area contributed by atoms with E-state index in [0.717, 1.165) is 24.9 Å². The molecule has 0 bridgehead atoms. The second kappa shape index (κ2) is 5.54. The highest BCUT2D eigenvalue weighted by atomic mass is 15.3. The van der Waals surface area contributed by atoms with Gasteiger partial charge in [-0.2, -0.15) is 0 Å². The molecule has 2 aromatic rings. The van der Waals surface area contributed by atoms with E-state index in [1.807, 2.05) is 0 Å². The summed E-state index contributed by atoms with van der Waals surface area (Å²) in [5.74, 6) is 0.449. The SMILES string of the molecule is C=C[C@H]1CCN(Cc2ccccc2)C2N=c3ccccc3=C21. The van der Waals surface area contributed by atoms with Crippen molar-refractivity contribution in [3.63, 3.8) is 0 Å². The Kier molecular flexibility index (Phi) is 3.39. The Hall–Kier alpha value is -2.19. The Bertz CT molecular complexity index is 807. The number of hydrogen-bond acceptors (Lipinski definition) is 2.